The van der Waals surface area contributed by atoms with Gasteiger partial charge in [0, 0.05) is 15.6 Å². The normalized spacial score (nSPS) is 11.2. The van der Waals surface area contributed by atoms with E-state index >= 15 is 0 Å². The topological polar surface area (TPSA) is 54.0 Å². The van der Waals surface area contributed by atoms with Gasteiger partial charge in [0.05, 0.1) is 11.8 Å². The first-order valence-electron chi connectivity index (χ1n) is 5.69. The molecule has 0 aliphatic carbocycles. The number of benzene rings is 1. The van der Waals surface area contributed by atoms with Crippen LogP contribution in [0.25, 0.3) is 6.08 Å². The van der Waals surface area contributed by atoms with Crippen LogP contribution >= 0.6 is 23.2 Å². The first-order chi connectivity index (χ1) is 9.54. The highest BCUT2D eigenvalue weighted by Crippen LogP contribution is 2.27. The van der Waals surface area contributed by atoms with Gasteiger partial charge in [-0.1, -0.05) is 29.3 Å². The number of furan rings is 1. The molecule has 1 aromatic carbocycles. The van der Waals surface area contributed by atoms with Crippen molar-refractivity contribution in [2.45, 2.75) is 6.92 Å². The second-order valence-electron chi connectivity index (χ2n) is 4.02. The number of rotatable bonds is 3. The number of hydrogen-bond acceptors (Lipinski definition) is 3. The first kappa shape index (κ1) is 14.4. The van der Waals surface area contributed by atoms with E-state index in [4.69, 9.17) is 27.6 Å². The van der Waals surface area contributed by atoms with Crippen LogP contribution in [0.15, 0.2) is 40.5 Å². The summed E-state index contributed by atoms with van der Waals surface area (Å²) in [4.78, 5) is 12.2. The SMILES string of the molecule is Cc1occc1C(=O)/C(C#N)=C/c1c(Cl)cccc1Cl. The smallest absolute Gasteiger partial charge is 0.207 e. The Hall–Kier alpha value is -2.02. The van der Waals surface area contributed by atoms with Crippen molar-refractivity contribution in [3.8, 4) is 6.07 Å². The lowest BCUT2D eigenvalue weighted by atomic mass is 10.0. The number of ketones is 1. The van der Waals surface area contributed by atoms with Crippen LogP contribution in [-0.4, -0.2) is 5.78 Å². The highest BCUT2D eigenvalue weighted by Gasteiger charge is 2.17. The quantitative estimate of drug-likeness (QED) is 0.470. The lowest BCUT2D eigenvalue weighted by molar-refractivity contribution is 0.103. The van der Waals surface area contributed by atoms with Crippen LogP contribution in [-0.2, 0) is 0 Å². The maximum Gasteiger partial charge on any atom is 0.207 e. The molecule has 3 nitrogen and oxygen atoms in total. The van der Waals surface area contributed by atoms with Gasteiger partial charge in [-0.05, 0) is 31.2 Å². The Bertz CT molecular complexity index is 718. The average molecular weight is 306 g/mol. The van der Waals surface area contributed by atoms with E-state index in [1.165, 1.54) is 18.4 Å². The van der Waals surface area contributed by atoms with Crippen LogP contribution in [0.5, 0.6) is 0 Å². The number of carbonyl (C=O) groups is 1. The third-order valence-electron chi connectivity index (χ3n) is 2.76. The summed E-state index contributed by atoms with van der Waals surface area (Å²) in [5, 5.41) is 9.93. The second kappa shape index (κ2) is 5.96. The molecule has 0 fully saturated rings. The van der Waals surface area contributed by atoms with E-state index in [9.17, 15) is 10.1 Å². The van der Waals surface area contributed by atoms with E-state index in [1.54, 1.807) is 25.1 Å². The zero-order valence-electron chi connectivity index (χ0n) is 10.5. The zero-order valence-corrected chi connectivity index (χ0v) is 12.0. The molecule has 0 atom stereocenters. The van der Waals surface area contributed by atoms with Gasteiger partial charge in [0.25, 0.3) is 0 Å². The molecule has 2 rings (SSSR count). The van der Waals surface area contributed by atoms with Crippen molar-refractivity contribution in [2.24, 2.45) is 0 Å². The van der Waals surface area contributed by atoms with Crippen LogP contribution in [0.3, 0.4) is 0 Å². The largest absolute Gasteiger partial charge is 0.469 e. The minimum Gasteiger partial charge on any atom is -0.469 e. The number of hydrogen-bond donors (Lipinski definition) is 0. The van der Waals surface area contributed by atoms with Gasteiger partial charge >= 0.3 is 0 Å². The molecule has 1 heterocycles. The van der Waals surface area contributed by atoms with Crippen LogP contribution in [0.2, 0.25) is 10.0 Å². The third-order valence-corrected chi connectivity index (χ3v) is 3.42. The van der Waals surface area contributed by atoms with Gasteiger partial charge < -0.3 is 4.42 Å². The number of nitriles is 1. The van der Waals surface area contributed by atoms with Crippen LogP contribution in [0, 0.1) is 18.3 Å². The fourth-order valence-corrected chi connectivity index (χ4v) is 2.21. The number of aryl methyl sites for hydroxylation is 1. The molecule has 2 aromatic rings. The Balaban J connectivity index is 2.49. The summed E-state index contributed by atoms with van der Waals surface area (Å²) in [6, 6.07) is 8.37. The van der Waals surface area contributed by atoms with Gasteiger partial charge in [0.2, 0.25) is 5.78 Å². The fraction of sp³-hybridized carbons (Fsp3) is 0.0667. The van der Waals surface area contributed by atoms with Crippen molar-refractivity contribution >= 4 is 35.1 Å². The molecule has 1 aromatic heterocycles. The maximum atomic E-state index is 12.2. The molecular formula is C15H9Cl2NO2. The fourth-order valence-electron chi connectivity index (χ4n) is 1.71. The highest BCUT2D eigenvalue weighted by molar-refractivity contribution is 6.37. The molecule has 5 heteroatoms. The summed E-state index contributed by atoms with van der Waals surface area (Å²) < 4.78 is 5.07. The Kier molecular flexibility index (Phi) is 4.29. The van der Waals surface area contributed by atoms with Gasteiger partial charge in [-0.15, -0.1) is 0 Å². The van der Waals surface area contributed by atoms with E-state index in [1.807, 2.05) is 6.07 Å². The number of Topliss-reactive ketones (excluding diaryl/α,β-unsaturated/α-hetero) is 1. The van der Waals surface area contributed by atoms with Crippen molar-refractivity contribution in [1.29, 1.82) is 5.26 Å². The molecular weight excluding hydrogens is 297 g/mol. The van der Waals surface area contributed by atoms with Crippen LogP contribution in [0.4, 0.5) is 0 Å². The predicted molar refractivity (Wildman–Crippen MR) is 77.8 cm³/mol. The lowest BCUT2D eigenvalue weighted by Crippen LogP contribution is -2.02. The third kappa shape index (κ3) is 2.77. The molecule has 0 N–H and O–H groups in total. The van der Waals surface area contributed by atoms with Gasteiger partial charge in [-0.2, -0.15) is 5.26 Å². The average Bonchev–Trinajstić information content (AvgIpc) is 2.84. The summed E-state index contributed by atoms with van der Waals surface area (Å²) in [6.45, 7) is 1.66. The van der Waals surface area contributed by atoms with Crippen molar-refractivity contribution in [3.05, 3.63) is 63.0 Å². The predicted octanol–water partition coefficient (Wildman–Crippen LogP) is 4.68. The maximum absolute atomic E-state index is 12.2. The van der Waals surface area contributed by atoms with Gasteiger partial charge in [-0.3, -0.25) is 4.79 Å². The Morgan fingerprint density at radius 1 is 1.30 bits per heavy atom. The minimum absolute atomic E-state index is 0.0514. The highest BCUT2D eigenvalue weighted by atomic mass is 35.5. The molecule has 0 spiro atoms. The Morgan fingerprint density at radius 2 is 1.95 bits per heavy atom. The number of halogens is 2. The van der Waals surface area contributed by atoms with Crippen molar-refractivity contribution in [3.63, 3.8) is 0 Å². The molecule has 0 aliphatic rings. The minimum atomic E-state index is -0.422. The van der Waals surface area contributed by atoms with Gasteiger partial charge in [0.1, 0.15) is 17.4 Å². The van der Waals surface area contributed by atoms with E-state index in [2.05, 4.69) is 0 Å². The standard InChI is InChI=1S/C15H9Cl2NO2/c1-9-11(5-6-20-9)15(19)10(8-18)7-12-13(16)3-2-4-14(12)17/h2-7H,1H3/b10-7+. The molecule has 0 aliphatic heterocycles. The van der Waals surface area contributed by atoms with Gasteiger partial charge in [0.15, 0.2) is 0 Å². The van der Waals surface area contributed by atoms with Crippen molar-refractivity contribution in [2.75, 3.05) is 0 Å². The summed E-state index contributed by atoms with van der Waals surface area (Å²) in [6.07, 6.45) is 2.79. The van der Waals surface area contributed by atoms with E-state index < -0.39 is 5.78 Å². The summed E-state index contributed by atoms with van der Waals surface area (Å²) in [5.41, 5.74) is 0.743. The van der Waals surface area contributed by atoms with Crippen molar-refractivity contribution < 1.29 is 9.21 Å². The van der Waals surface area contributed by atoms with E-state index in [0.29, 0.717) is 26.9 Å². The molecule has 100 valence electrons. The van der Waals surface area contributed by atoms with Gasteiger partial charge in [-0.25, -0.2) is 0 Å². The molecule has 20 heavy (non-hydrogen) atoms. The monoisotopic (exact) mass is 305 g/mol. The summed E-state index contributed by atoms with van der Waals surface area (Å²) in [5.74, 6) is 0.0381. The molecule has 0 unspecified atom stereocenters. The first-order valence-corrected chi connectivity index (χ1v) is 6.44. The Morgan fingerprint density at radius 3 is 2.45 bits per heavy atom. The van der Waals surface area contributed by atoms with Crippen molar-refractivity contribution in [1.82, 2.24) is 0 Å². The lowest BCUT2D eigenvalue weighted by Gasteiger charge is -2.02. The van der Waals surface area contributed by atoms with Crippen LogP contribution in [0.1, 0.15) is 21.7 Å². The molecule has 0 saturated carbocycles. The number of carbonyl (C=O) groups excluding carboxylic acids is 1. The van der Waals surface area contributed by atoms with E-state index in [0.717, 1.165) is 0 Å². The molecule has 0 amide bonds. The number of nitrogens with zero attached hydrogens (tertiary/aromatic N) is 1. The zero-order chi connectivity index (χ0) is 14.7. The van der Waals surface area contributed by atoms with E-state index in [-0.39, 0.29) is 5.57 Å². The molecule has 0 radical (unpaired) electrons. The second-order valence-corrected chi connectivity index (χ2v) is 4.84. The van der Waals surface area contributed by atoms with Crippen LogP contribution < -0.4 is 0 Å². The molecule has 0 saturated heterocycles. The summed E-state index contributed by atoms with van der Waals surface area (Å²) >= 11 is 12.0. The molecule has 0 bridgehead atoms. The Labute approximate surface area is 126 Å². The number of allylic oxidation sites excluding steroid dienone is 1. The summed E-state index contributed by atoms with van der Waals surface area (Å²) in [7, 11) is 0.